The highest BCUT2D eigenvalue weighted by atomic mass is 79.9. The van der Waals surface area contributed by atoms with Crippen molar-refractivity contribution in [3.8, 4) is 0 Å². The van der Waals surface area contributed by atoms with E-state index in [1.807, 2.05) is 0 Å². The van der Waals surface area contributed by atoms with Crippen LogP contribution in [-0.4, -0.2) is 12.2 Å². The van der Waals surface area contributed by atoms with Gasteiger partial charge in [0.25, 0.3) is 0 Å². The van der Waals surface area contributed by atoms with Crippen LogP contribution in [0.5, 0.6) is 0 Å². The molecule has 0 amide bonds. The molecule has 1 saturated heterocycles. The summed E-state index contributed by atoms with van der Waals surface area (Å²) in [5.74, 6) is 0. The molecule has 0 aromatic heterocycles. The van der Waals surface area contributed by atoms with Gasteiger partial charge in [0.1, 0.15) is 0 Å². The van der Waals surface area contributed by atoms with E-state index in [9.17, 15) is 0 Å². The van der Waals surface area contributed by atoms with Crippen molar-refractivity contribution in [2.24, 2.45) is 0 Å². The zero-order valence-electron chi connectivity index (χ0n) is 5.36. The Bertz CT molecular complexity index is 156. The summed E-state index contributed by atoms with van der Waals surface area (Å²) in [6, 6.07) is 0. The van der Waals surface area contributed by atoms with Crippen LogP contribution in [0.15, 0.2) is 10.1 Å². The predicted molar refractivity (Wildman–Crippen MR) is 39.5 cm³/mol. The molecule has 0 saturated carbocycles. The fourth-order valence-corrected chi connectivity index (χ4v) is 2.14. The average Bonchev–Trinajstić information content (AvgIpc) is 2.37. The van der Waals surface area contributed by atoms with E-state index in [-0.39, 0.29) is 0 Å². The number of halogens is 1. The third kappa shape index (κ3) is 0.696. The second-order valence-electron chi connectivity index (χ2n) is 2.72. The number of hydrogen-bond acceptors (Lipinski definition) is 1. The fourth-order valence-electron chi connectivity index (χ4n) is 1.55. The average molecular weight is 189 g/mol. The summed E-state index contributed by atoms with van der Waals surface area (Å²) in [5.41, 5.74) is 1.41. The Morgan fingerprint density at radius 1 is 1.44 bits per heavy atom. The lowest BCUT2D eigenvalue weighted by Crippen LogP contribution is -2.02. The van der Waals surface area contributed by atoms with Gasteiger partial charge in [-0.3, -0.25) is 0 Å². The highest BCUT2D eigenvalue weighted by Crippen LogP contribution is 2.41. The Morgan fingerprint density at radius 3 is 2.44 bits per heavy atom. The van der Waals surface area contributed by atoms with Crippen LogP contribution >= 0.6 is 15.9 Å². The van der Waals surface area contributed by atoms with Gasteiger partial charge in [0.2, 0.25) is 0 Å². The van der Waals surface area contributed by atoms with E-state index >= 15 is 0 Å². The first-order chi connectivity index (χ1) is 4.29. The number of ether oxygens (including phenoxy) is 1. The summed E-state index contributed by atoms with van der Waals surface area (Å²) >= 11 is 3.52. The standard InChI is InChI=1S/C7H9BrO/c1-4-5-2-3-6(9-5)7(4)8/h5-6H,2-3H2,1H3. The van der Waals surface area contributed by atoms with Gasteiger partial charge >= 0.3 is 0 Å². The molecule has 2 unspecified atom stereocenters. The van der Waals surface area contributed by atoms with Gasteiger partial charge in [-0.15, -0.1) is 0 Å². The maximum absolute atomic E-state index is 5.58. The molecule has 0 spiro atoms. The predicted octanol–water partition coefficient (Wildman–Crippen LogP) is 2.22. The van der Waals surface area contributed by atoms with Crippen molar-refractivity contribution in [2.45, 2.75) is 32.0 Å². The minimum atomic E-state index is 0.412. The van der Waals surface area contributed by atoms with Gasteiger partial charge in [-0.25, -0.2) is 0 Å². The molecule has 1 fully saturated rings. The van der Waals surface area contributed by atoms with Crippen LogP contribution in [0.1, 0.15) is 19.8 Å². The summed E-state index contributed by atoms with van der Waals surface area (Å²) in [7, 11) is 0. The molecule has 0 aromatic rings. The van der Waals surface area contributed by atoms with E-state index in [1.54, 1.807) is 0 Å². The second kappa shape index (κ2) is 1.83. The Labute approximate surface area is 63.2 Å². The molecule has 0 aromatic carbocycles. The molecule has 0 radical (unpaired) electrons. The molecular weight excluding hydrogens is 180 g/mol. The van der Waals surface area contributed by atoms with Crippen molar-refractivity contribution in [2.75, 3.05) is 0 Å². The molecule has 2 aliphatic heterocycles. The summed E-state index contributed by atoms with van der Waals surface area (Å²) in [6.45, 7) is 2.15. The molecular formula is C7H9BrO. The zero-order valence-corrected chi connectivity index (χ0v) is 6.94. The summed E-state index contributed by atoms with van der Waals surface area (Å²) in [5, 5.41) is 0. The molecule has 1 nitrogen and oxygen atoms in total. The van der Waals surface area contributed by atoms with E-state index in [2.05, 4.69) is 22.9 Å². The second-order valence-corrected chi connectivity index (χ2v) is 3.58. The van der Waals surface area contributed by atoms with Crippen molar-refractivity contribution < 1.29 is 4.74 Å². The maximum atomic E-state index is 5.58. The van der Waals surface area contributed by atoms with Crippen molar-refractivity contribution in [3.63, 3.8) is 0 Å². The van der Waals surface area contributed by atoms with Crippen molar-refractivity contribution in [1.82, 2.24) is 0 Å². The number of hydrogen-bond donors (Lipinski definition) is 0. The minimum absolute atomic E-state index is 0.412. The van der Waals surface area contributed by atoms with Gasteiger partial charge in [-0.05, 0) is 25.3 Å². The molecule has 2 heteroatoms. The van der Waals surface area contributed by atoms with E-state index in [4.69, 9.17) is 4.74 Å². The normalized spacial score (nSPS) is 40.7. The highest BCUT2D eigenvalue weighted by Gasteiger charge is 2.36. The van der Waals surface area contributed by atoms with Crippen LogP contribution in [0, 0.1) is 0 Å². The smallest absolute Gasteiger partial charge is 0.0899 e. The highest BCUT2D eigenvalue weighted by molar-refractivity contribution is 9.11. The Hall–Kier alpha value is 0.180. The van der Waals surface area contributed by atoms with E-state index in [1.165, 1.54) is 22.9 Å². The largest absolute Gasteiger partial charge is 0.365 e. The third-order valence-corrected chi connectivity index (χ3v) is 3.30. The van der Waals surface area contributed by atoms with Crippen LogP contribution in [0.3, 0.4) is 0 Å². The first-order valence-corrected chi connectivity index (χ1v) is 4.10. The van der Waals surface area contributed by atoms with Gasteiger partial charge < -0.3 is 4.74 Å². The van der Waals surface area contributed by atoms with Crippen LogP contribution in [0.2, 0.25) is 0 Å². The van der Waals surface area contributed by atoms with E-state index in [0.717, 1.165) is 0 Å². The quantitative estimate of drug-likeness (QED) is 0.567. The molecule has 2 heterocycles. The van der Waals surface area contributed by atoms with Gasteiger partial charge in [0.05, 0.1) is 12.2 Å². The molecule has 2 bridgehead atoms. The van der Waals surface area contributed by atoms with Gasteiger partial charge in [0.15, 0.2) is 0 Å². The third-order valence-electron chi connectivity index (χ3n) is 2.16. The van der Waals surface area contributed by atoms with Gasteiger partial charge in [0, 0.05) is 4.48 Å². The van der Waals surface area contributed by atoms with E-state index < -0.39 is 0 Å². The van der Waals surface area contributed by atoms with Crippen LogP contribution < -0.4 is 0 Å². The maximum Gasteiger partial charge on any atom is 0.0899 e. The van der Waals surface area contributed by atoms with E-state index in [0.29, 0.717) is 12.2 Å². The van der Waals surface area contributed by atoms with Crippen LogP contribution in [0.25, 0.3) is 0 Å². The summed E-state index contributed by atoms with van der Waals surface area (Å²) in [6.07, 6.45) is 3.30. The Balaban J connectivity index is 2.36. The lowest BCUT2D eigenvalue weighted by atomic mass is 10.0. The fraction of sp³-hybridized carbons (Fsp3) is 0.714. The van der Waals surface area contributed by atoms with Crippen molar-refractivity contribution in [1.29, 1.82) is 0 Å². The van der Waals surface area contributed by atoms with Gasteiger partial charge in [-0.1, -0.05) is 15.9 Å². The lowest BCUT2D eigenvalue weighted by molar-refractivity contribution is 0.115. The number of fused-ring (bicyclic) bond motifs is 2. The Kier molecular flexibility index (Phi) is 1.21. The monoisotopic (exact) mass is 188 g/mol. The van der Waals surface area contributed by atoms with Crippen LogP contribution in [-0.2, 0) is 4.74 Å². The van der Waals surface area contributed by atoms with Crippen molar-refractivity contribution in [3.05, 3.63) is 10.1 Å². The first kappa shape index (κ1) is 5.93. The lowest BCUT2D eigenvalue weighted by Gasteiger charge is -2.06. The molecule has 2 atom stereocenters. The molecule has 50 valence electrons. The molecule has 2 rings (SSSR count). The number of rotatable bonds is 0. The Morgan fingerprint density at radius 2 is 2.11 bits per heavy atom. The summed E-state index contributed by atoms with van der Waals surface area (Å²) < 4.78 is 6.88. The van der Waals surface area contributed by atoms with Crippen LogP contribution in [0.4, 0.5) is 0 Å². The summed E-state index contributed by atoms with van der Waals surface area (Å²) in [4.78, 5) is 0. The molecule has 9 heavy (non-hydrogen) atoms. The SMILES string of the molecule is CC1=C(Br)C2CCC1O2. The topological polar surface area (TPSA) is 9.23 Å². The zero-order chi connectivity index (χ0) is 6.43. The molecule has 0 N–H and O–H groups in total. The molecule has 2 aliphatic rings. The minimum Gasteiger partial charge on any atom is -0.365 e. The molecule has 0 aliphatic carbocycles. The van der Waals surface area contributed by atoms with Crippen molar-refractivity contribution >= 4 is 15.9 Å². The first-order valence-electron chi connectivity index (χ1n) is 3.30. The van der Waals surface area contributed by atoms with Gasteiger partial charge in [-0.2, -0.15) is 0 Å².